The molecule has 0 fully saturated rings. The van der Waals surface area contributed by atoms with Crippen LogP contribution in [0.4, 0.5) is 0 Å². The summed E-state index contributed by atoms with van der Waals surface area (Å²) in [4.78, 5) is 0. The van der Waals surface area contributed by atoms with Gasteiger partial charge in [0.1, 0.15) is 11.8 Å². The van der Waals surface area contributed by atoms with Gasteiger partial charge in [0.25, 0.3) is 0 Å². The second-order valence-electron chi connectivity index (χ2n) is 5.56. The maximum Gasteiger partial charge on any atom is 0.119 e. The maximum absolute atomic E-state index is 9.82. The number of methoxy groups -OCH3 is 2. The summed E-state index contributed by atoms with van der Waals surface area (Å²) in [5.41, 5.74) is 3.52. The van der Waals surface area contributed by atoms with Gasteiger partial charge in [-0.1, -0.05) is 25.1 Å². The highest BCUT2D eigenvalue weighted by atomic mass is 16.5. The highest BCUT2D eigenvalue weighted by Gasteiger charge is 2.24. The largest absolute Gasteiger partial charge is 0.497 e. The first-order valence-corrected chi connectivity index (χ1v) is 7.95. The molecule has 2 aromatic carbocycles. The number of para-hydroxylation sites is 1. The lowest BCUT2D eigenvalue weighted by atomic mass is 10.1. The first kappa shape index (κ1) is 16.1. The van der Waals surface area contributed by atoms with Crippen molar-refractivity contribution >= 4 is 10.9 Å². The molecule has 1 atom stereocenters. The lowest BCUT2D eigenvalue weighted by Gasteiger charge is -2.18. The third-order valence-electron chi connectivity index (χ3n) is 4.30. The van der Waals surface area contributed by atoms with Gasteiger partial charge in [-0.3, -0.25) is 0 Å². The molecule has 0 saturated heterocycles. The molecule has 0 bridgehead atoms. The highest BCUT2D eigenvalue weighted by Crippen LogP contribution is 2.36. The Morgan fingerprint density at radius 2 is 1.88 bits per heavy atom. The molecule has 4 nitrogen and oxygen atoms in total. The van der Waals surface area contributed by atoms with Crippen LogP contribution in [-0.4, -0.2) is 18.8 Å². The maximum atomic E-state index is 9.82. The molecule has 122 valence electrons. The number of rotatable bonds is 5. The van der Waals surface area contributed by atoms with Crippen molar-refractivity contribution in [3.8, 4) is 17.5 Å². The van der Waals surface area contributed by atoms with Gasteiger partial charge in [-0.05, 0) is 36.8 Å². The van der Waals surface area contributed by atoms with Crippen LogP contribution in [0.5, 0.6) is 5.75 Å². The molecule has 1 heterocycles. The van der Waals surface area contributed by atoms with E-state index < -0.39 is 0 Å². The molecule has 0 aliphatic heterocycles. The van der Waals surface area contributed by atoms with Crippen molar-refractivity contribution < 1.29 is 9.47 Å². The Balaban J connectivity index is 2.43. The number of aromatic nitrogens is 1. The van der Waals surface area contributed by atoms with Crippen molar-refractivity contribution in [3.63, 3.8) is 0 Å². The summed E-state index contributed by atoms with van der Waals surface area (Å²) in [6.45, 7) is 2.06. The fourth-order valence-corrected chi connectivity index (χ4v) is 3.17. The summed E-state index contributed by atoms with van der Waals surface area (Å²) in [7, 11) is 3.31. The Morgan fingerprint density at radius 3 is 2.46 bits per heavy atom. The van der Waals surface area contributed by atoms with Crippen molar-refractivity contribution in [1.82, 2.24) is 4.57 Å². The Bertz CT molecular complexity index is 887. The highest BCUT2D eigenvalue weighted by molar-refractivity contribution is 5.91. The third-order valence-corrected chi connectivity index (χ3v) is 4.30. The zero-order chi connectivity index (χ0) is 17.1. The van der Waals surface area contributed by atoms with E-state index in [0.29, 0.717) is 5.56 Å². The van der Waals surface area contributed by atoms with Gasteiger partial charge >= 0.3 is 0 Å². The molecule has 3 aromatic rings. The number of nitriles is 1. The monoisotopic (exact) mass is 320 g/mol. The van der Waals surface area contributed by atoms with Crippen LogP contribution in [0, 0.1) is 11.3 Å². The first-order valence-electron chi connectivity index (χ1n) is 7.95. The minimum absolute atomic E-state index is 0.154. The van der Waals surface area contributed by atoms with Crippen molar-refractivity contribution in [1.29, 1.82) is 5.26 Å². The van der Waals surface area contributed by atoms with Crippen LogP contribution in [0.3, 0.4) is 0 Å². The van der Waals surface area contributed by atoms with Crippen LogP contribution in [-0.2, 0) is 4.74 Å². The van der Waals surface area contributed by atoms with Gasteiger partial charge in [-0.2, -0.15) is 5.26 Å². The standard InChI is InChI=1S/C20H20N2O2/c1-4-19(24-3)20-17(13-21)16-12-15(23-2)10-11-18(16)22(20)14-8-6-5-7-9-14/h5-12,19H,4H2,1-3H3. The van der Waals surface area contributed by atoms with Crippen LogP contribution >= 0.6 is 0 Å². The fourth-order valence-electron chi connectivity index (χ4n) is 3.17. The van der Waals surface area contributed by atoms with E-state index in [1.165, 1.54) is 0 Å². The van der Waals surface area contributed by atoms with E-state index in [-0.39, 0.29) is 6.10 Å². The zero-order valence-corrected chi connectivity index (χ0v) is 14.1. The van der Waals surface area contributed by atoms with E-state index in [1.54, 1.807) is 14.2 Å². The third kappa shape index (κ3) is 2.53. The fraction of sp³-hybridized carbons (Fsp3) is 0.250. The molecule has 0 N–H and O–H groups in total. The summed E-state index contributed by atoms with van der Waals surface area (Å²) in [5, 5.41) is 10.7. The van der Waals surface area contributed by atoms with Gasteiger partial charge in [-0.25, -0.2) is 0 Å². The van der Waals surface area contributed by atoms with Gasteiger partial charge in [0.2, 0.25) is 0 Å². The molecule has 1 aromatic heterocycles. The second kappa shape index (κ2) is 6.77. The molecule has 24 heavy (non-hydrogen) atoms. The average Bonchev–Trinajstić information content (AvgIpc) is 2.96. The van der Waals surface area contributed by atoms with Gasteiger partial charge in [0.15, 0.2) is 0 Å². The summed E-state index contributed by atoms with van der Waals surface area (Å²) in [6, 6.07) is 18.2. The Labute approximate surface area is 141 Å². The molecule has 0 aliphatic carbocycles. The number of fused-ring (bicyclic) bond motifs is 1. The summed E-state index contributed by atoms with van der Waals surface area (Å²) in [5.74, 6) is 0.737. The van der Waals surface area contributed by atoms with E-state index in [4.69, 9.17) is 9.47 Å². The number of hydrogen-bond donors (Lipinski definition) is 0. The van der Waals surface area contributed by atoms with Crippen LogP contribution in [0.25, 0.3) is 16.6 Å². The van der Waals surface area contributed by atoms with Crippen LogP contribution in [0.2, 0.25) is 0 Å². The van der Waals surface area contributed by atoms with E-state index in [2.05, 4.69) is 17.6 Å². The van der Waals surface area contributed by atoms with Crippen molar-refractivity contribution in [2.75, 3.05) is 14.2 Å². The van der Waals surface area contributed by atoms with Crippen LogP contribution in [0.15, 0.2) is 48.5 Å². The van der Waals surface area contributed by atoms with Crippen LogP contribution in [0.1, 0.15) is 30.7 Å². The predicted molar refractivity (Wildman–Crippen MR) is 94.6 cm³/mol. The molecule has 0 aliphatic rings. The molecule has 1 unspecified atom stereocenters. The lowest BCUT2D eigenvalue weighted by Crippen LogP contribution is -2.09. The summed E-state index contributed by atoms with van der Waals surface area (Å²) >= 11 is 0. The predicted octanol–water partition coefficient (Wildman–Crippen LogP) is 4.61. The number of benzene rings is 2. The average molecular weight is 320 g/mol. The van der Waals surface area contributed by atoms with Gasteiger partial charge in [0.05, 0.1) is 30.0 Å². The van der Waals surface area contributed by atoms with Crippen LogP contribution < -0.4 is 4.74 Å². The van der Waals surface area contributed by atoms with Gasteiger partial charge < -0.3 is 14.0 Å². The van der Waals surface area contributed by atoms with Crippen molar-refractivity contribution in [3.05, 3.63) is 59.8 Å². The molecule has 0 saturated carbocycles. The van der Waals surface area contributed by atoms with E-state index in [1.807, 2.05) is 48.5 Å². The molecule has 0 amide bonds. The Hall–Kier alpha value is -2.77. The number of nitrogens with zero attached hydrogens (tertiary/aromatic N) is 2. The zero-order valence-electron chi connectivity index (χ0n) is 14.1. The molecule has 3 rings (SSSR count). The molecule has 4 heteroatoms. The first-order chi connectivity index (χ1) is 11.7. The summed E-state index contributed by atoms with van der Waals surface area (Å²) < 4.78 is 13.1. The van der Waals surface area contributed by atoms with E-state index in [9.17, 15) is 5.26 Å². The van der Waals surface area contributed by atoms with E-state index in [0.717, 1.165) is 34.5 Å². The second-order valence-corrected chi connectivity index (χ2v) is 5.56. The molecular weight excluding hydrogens is 300 g/mol. The lowest BCUT2D eigenvalue weighted by molar-refractivity contribution is 0.0952. The van der Waals surface area contributed by atoms with Crippen molar-refractivity contribution in [2.24, 2.45) is 0 Å². The minimum atomic E-state index is -0.154. The number of hydrogen-bond acceptors (Lipinski definition) is 3. The topological polar surface area (TPSA) is 47.2 Å². The van der Waals surface area contributed by atoms with Gasteiger partial charge in [0, 0.05) is 18.2 Å². The smallest absolute Gasteiger partial charge is 0.119 e. The molecular formula is C20H20N2O2. The van der Waals surface area contributed by atoms with E-state index >= 15 is 0 Å². The Kier molecular flexibility index (Phi) is 4.54. The SMILES string of the molecule is CCC(OC)c1c(C#N)c2cc(OC)ccc2n1-c1ccccc1. The van der Waals surface area contributed by atoms with Crippen molar-refractivity contribution in [2.45, 2.75) is 19.4 Å². The summed E-state index contributed by atoms with van der Waals surface area (Å²) in [6.07, 6.45) is 0.629. The van der Waals surface area contributed by atoms with Gasteiger partial charge in [-0.15, -0.1) is 0 Å². The minimum Gasteiger partial charge on any atom is -0.497 e. The quantitative estimate of drug-likeness (QED) is 0.690. The Morgan fingerprint density at radius 1 is 1.12 bits per heavy atom. The normalized spacial score (nSPS) is 12.1. The number of ether oxygens (including phenoxy) is 2. The molecule has 0 radical (unpaired) electrons. The molecule has 0 spiro atoms.